The Morgan fingerprint density at radius 1 is 1.23 bits per heavy atom. The van der Waals surface area contributed by atoms with Crippen molar-refractivity contribution in [2.75, 3.05) is 6.54 Å². The molecule has 1 atom stereocenters. The molecule has 0 aromatic carbocycles. The van der Waals surface area contributed by atoms with Crippen LogP contribution >= 0.6 is 0 Å². The first-order chi connectivity index (χ1) is 6.43. The molecule has 13 heavy (non-hydrogen) atoms. The Kier molecular flexibility index (Phi) is 1.62. The van der Waals surface area contributed by atoms with Crippen molar-refractivity contribution in [3.8, 4) is 0 Å². The first kappa shape index (κ1) is 7.50. The highest BCUT2D eigenvalue weighted by molar-refractivity contribution is 5.07. The highest BCUT2D eigenvalue weighted by atomic mass is 15.2. The normalized spacial score (nSPS) is 28.2. The van der Waals surface area contributed by atoms with Gasteiger partial charge in [-0.05, 0) is 32.2 Å². The lowest BCUT2D eigenvalue weighted by Gasteiger charge is -2.03. The zero-order valence-corrected chi connectivity index (χ0v) is 7.58. The summed E-state index contributed by atoms with van der Waals surface area (Å²) in [5.74, 6) is 2.73. The van der Waals surface area contributed by atoms with Crippen LogP contribution in [-0.4, -0.2) is 21.7 Å². The van der Waals surface area contributed by atoms with E-state index in [0.717, 1.165) is 18.2 Å². The molecule has 2 fully saturated rings. The molecule has 1 aliphatic carbocycles. The predicted molar refractivity (Wildman–Crippen MR) is 48.3 cm³/mol. The van der Waals surface area contributed by atoms with Gasteiger partial charge < -0.3 is 5.32 Å². The van der Waals surface area contributed by atoms with Crippen LogP contribution in [0.2, 0.25) is 0 Å². The van der Waals surface area contributed by atoms with Crippen molar-refractivity contribution in [1.82, 2.24) is 20.5 Å². The van der Waals surface area contributed by atoms with E-state index in [1.807, 2.05) is 0 Å². The number of hydrogen-bond acceptors (Lipinski definition) is 3. The molecule has 0 spiro atoms. The standard InChI is InChI=1S/C9H14N4/c1-2-7(10-5-1)9-11-8(12-13-9)6-3-4-6/h6-7,10H,1-5H2,(H,11,12,13). The first-order valence-corrected chi connectivity index (χ1v) is 5.09. The SMILES string of the molecule is C1CNC(c2nc(C3CC3)n[nH]2)C1. The lowest BCUT2D eigenvalue weighted by atomic mass is 10.2. The fraction of sp³-hybridized carbons (Fsp3) is 0.778. The van der Waals surface area contributed by atoms with Gasteiger partial charge >= 0.3 is 0 Å². The van der Waals surface area contributed by atoms with Crippen LogP contribution in [0.4, 0.5) is 0 Å². The number of nitrogens with one attached hydrogen (secondary N) is 2. The second-order valence-corrected chi connectivity index (χ2v) is 4.00. The number of aromatic amines is 1. The summed E-state index contributed by atoms with van der Waals surface area (Å²) in [6.45, 7) is 1.12. The van der Waals surface area contributed by atoms with Gasteiger partial charge in [0.15, 0.2) is 5.82 Å². The average molecular weight is 178 g/mol. The molecule has 4 nitrogen and oxygen atoms in total. The predicted octanol–water partition coefficient (Wildman–Crippen LogP) is 1.11. The topological polar surface area (TPSA) is 53.6 Å². The van der Waals surface area contributed by atoms with Crippen molar-refractivity contribution in [1.29, 1.82) is 0 Å². The molecule has 0 amide bonds. The van der Waals surface area contributed by atoms with E-state index >= 15 is 0 Å². The monoisotopic (exact) mass is 178 g/mol. The molecule has 70 valence electrons. The first-order valence-electron chi connectivity index (χ1n) is 5.09. The molecule has 1 aliphatic heterocycles. The smallest absolute Gasteiger partial charge is 0.153 e. The molecular formula is C9H14N4. The Hall–Kier alpha value is -0.900. The summed E-state index contributed by atoms with van der Waals surface area (Å²) in [6.07, 6.45) is 4.99. The Morgan fingerprint density at radius 3 is 2.85 bits per heavy atom. The van der Waals surface area contributed by atoms with Crippen LogP contribution in [-0.2, 0) is 0 Å². The molecule has 1 saturated heterocycles. The fourth-order valence-corrected chi connectivity index (χ4v) is 1.89. The van der Waals surface area contributed by atoms with Gasteiger partial charge in [-0.1, -0.05) is 0 Å². The molecule has 2 aliphatic rings. The van der Waals surface area contributed by atoms with Gasteiger partial charge in [-0.2, -0.15) is 5.10 Å². The van der Waals surface area contributed by atoms with Gasteiger partial charge in [0.1, 0.15) is 5.82 Å². The van der Waals surface area contributed by atoms with Crippen molar-refractivity contribution in [2.45, 2.75) is 37.6 Å². The number of aromatic nitrogens is 3. The largest absolute Gasteiger partial charge is 0.307 e. The quantitative estimate of drug-likeness (QED) is 0.713. The van der Waals surface area contributed by atoms with E-state index in [1.54, 1.807) is 0 Å². The molecule has 3 rings (SSSR count). The molecule has 1 aromatic rings. The minimum Gasteiger partial charge on any atom is -0.307 e. The Balaban J connectivity index is 1.79. The van der Waals surface area contributed by atoms with E-state index in [-0.39, 0.29) is 0 Å². The Labute approximate surface area is 77.1 Å². The third kappa shape index (κ3) is 1.35. The summed E-state index contributed by atoms with van der Waals surface area (Å²) in [5.41, 5.74) is 0. The van der Waals surface area contributed by atoms with Crippen LogP contribution in [0.3, 0.4) is 0 Å². The van der Waals surface area contributed by atoms with Gasteiger partial charge in [-0.3, -0.25) is 5.10 Å². The van der Waals surface area contributed by atoms with E-state index in [9.17, 15) is 0 Å². The zero-order valence-electron chi connectivity index (χ0n) is 7.58. The van der Waals surface area contributed by atoms with Gasteiger partial charge in [0.05, 0.1) is 6.04 Å². The van der Waals surface area contributed by atoms with Crippen LogP contribution in [0.25, 0.3) is 0 Å². The van der Waals surface area contributed by atoms with E-state index in [2.05, 4.69) is 20.5 Å². The van der Waals surface area contributed by atoms with Crippen LogP contribution in [0, 0.1) is 0 Å². The van der Waals surface area contributed by atoms with Gasteiger partial charge in [-0.15, -0.1) is 0 Å². The summed E-state index contributed by atoms with van der Waals surface area (Å²) in [7, 11) is 0. The third-order valence-corrected chi connectivity index (χ3v) is 2.85. The average Bonchev–Trinajstić information content (AvgIpc) is 2.72. The van der Waals surface area contributed by atoms with Crippen molar-refractivity contribution < 1.29 is 0 Å². The van der Waals surface area contributed by atoms with E-state index in [4.69, 9.17) is 0 Å². The minimum absolute atomic E-state index is 0.431. The molecule has 1 aromatic heterocycles. The molecule has 2 heterocycles. The maximum absolute atomic E-state index is 4.53. The molecular weight excluding hydrogens is 164 g/mol. The van der Waals surface area contributed by atoms with Crippen LogP contribution in [0.5, 0.6) is 0 Å². The van der Waals surface area contributed by atoms with Crippen molar-refractivity contribution in [2.24, 2.45) is 0 Å². The summed E-state index contributed by atoms with van der Waals surface area (Å²) >= 11 is 0. The zero-order chi connectivity index (χ0) is 8.67. The summed E-state index contributed by atoms with van der Waals surface area (Å²) in [6, 6.07) is 0.431. The van der Waals surface area contributed by atoms with E-state index in [1.165, 1.54) is 25.7 Å². The second-order valence-electron chi connectivity index (χ2n) is 4.00. The molecule has 0 radical (unpaired) electrons. The third-order valence-electron chi connectivity index (χ3n) is 2.85. The van der Waals surface area contributed by atoms with Gasteiger partial charge in [0.2, 0.25) is 0 Å². The molecule has 2 N–H and O–H groups in total. The fourth-order valence-electron chi connectivity index (χ4n) is 1.89. The molecule has 4 heteroatoms. The number of rotatable bonds is 2. The van der Waals surface area contributed by atoms with Gasteiger partial charge in [-0.25, -0.2) is 4.98 Å². The molecule has 0 bridgehead atoms. The lowest BCUT2D eigenvalue weighted by Crippen LogP contribution is -2.14. The summed E-state index contributed by atoms with van der Waals surface area (Å²) in [5, 5.41) is 10.7. The van der Waals surface area contributed by atoms with Crippen molar-refractivity contribution >= 4 is 0 Å². The van der Waals surface area contributed by atoms with E-state index in [0.29, 0.717) is 12.0 Å². The molecule has 1 unspecified atom stereocenters. The van der Waals surface area contributed by atoms with E-state index < -0.39 is 0 Å². The number of nitrogens with zero attached hydrogens (tertiary/aromatic N) is 2. The van der Waals surface area contributed by atoms with Crippen LogP contribution in [0.1, 0.15) is 49.3 Å². The van der Waals surface area contributed by atoms with Crippen LogP contribution in [0.15, 0.2) is 0 Å². The number of H-pyrrole nitrogens is 1. The second kappa shape index (κ2) is 2.80. The highest BCUT2D eigenvalue weighted by Gasteiger charge is 2.29. The maximum atomic E-state index is 4.53. The number of hydrogen-bond donors (Lipinski definition) is 2. The molecule has 1 saturated carbocycles. The summed E-state index contributed by atoms with van der Waals surface area (Å²) in [4.78, 5) is 4.53. The summed E-state index contributed by atoms with van der Waals surface area (Å²) < 4.78 is 0. The van der Waals surface area contributed by atoms with Gasteiger partial charge in [0, 0.05) is 5.92 Å². The Bertz CT molecular complexity index is 296. The van der Waals surface area contributed by atoms with Crippen molar-refractivity contribution in [3.05, 3.63) is 11.6 Å². The minimum atomic E-state index is 0.431. The Morgan fingerprint density at radius 2 is 2.15 bits per heavy atom. The van der Waals surface area contributed by atoms with Crippen molar-refractivity contribution in [3.63, 3.8) is 0 Å². The maximum Gasteiger partial charge on any atom is 0.153 e. The lowest BCUT2D eigenvalue weighted by molar-refractivity contribution is 0.607. The van der Waals surface area contributed by atoms with Gasteiger partial charge in [0.25, 0.3) is 0 Å². The highest BCUT2D eigenvalue weighted by Crippen LogP contribution is 2.38. The van der Waals surface area contributed by atoms with Crippen LogP contribution < -0.4 is 5.32 Å².